The molecule has 5 heteroatoms. The molecule has 1 aromatic rings. The first-order valence-corrected chi connectivity index (χ1v) is 9.44. The van der Waals surface area contributed by atoms with Crippen LogP contribution < -0.4 is 10.6 Å². The van der Waals surface area contributed by atoms with Gasteiger partial charge < -0.3 is 15.4 Å². The molecule has 0 heterocycles. The lowest BCUT2D eigenvalue weighted by Crippen LogP contribution is -2.44. The summed E-state index contributed by atoms with van der Waals surface area (Å²) in [6, 6.07) is 6.66. The van der Waals surface area contributed by atoms with E-state index in [1.807, 2.05) is 19.1 Å². The highest BCUT2D eigenvalue weighted by Gasteiger charge is 2.33. The van der Waals surface area contributed by atoms with Crippen LogP contribution in [0.1, 0.15) is 44.6 Å². The zero-order valence-electron chi connectivity index (χ0n) is 15.6. The Morgan fingerprint density at radius 2 is 1.92 bits per heavy atom. The van der Waals surface area contributed by atoms with E-state index in [1.165, 1.54) is 37.8 Å². The van der Waals surface area contributed by atoms with Crippen LogP contribution in [-0.2, 0) is 11.2 Å². The lowest BCUT2D eigenvalue weighted by Gasteiger charge is -2.30. The number of nitrogens with one attached hydrogen (secondary N) is 2. The van der Waals surface area contributed by atoms with Crippen molar-refractivity contribution in [2.75, 3.05) is 33.4 Å². The van der Waals surface area contributed by atoms with Crippen molar-refractivity contribution in [1.29, 1.82) is 0 Å². The summed E-state index contributed by atoms with van der Waals surface area (Å²) in [6.45, 7) is 5.39. The Balaban J connectivity index is 1.75. The molecule has 1 aromatic carbocycles. The molecule has 2 rings (SSSR count). The lowest BCUT2D eigenvalue weighted by molar-refractivity contribution is 0.105. The van der Waals surface area contributed by atoms with Crippen molar-refractivity contribution in [3.05, 3.63) is 35.6 Å². The number of hydrogen-bond acceptors (Lipinski definition) is 2. The lowest BCUT2D eigenvalue weighted by atomic mass is 9.83. The summed E-state index contributed by atoms with van der Waals surface area (Å²) in [5, 5.41) is 6.85. The second kappa shape index (κ2) is 10.4. The molecule has 0 aromatic heterocycles. The number of halogens is 1. The van der Waals surface area contributed by atoms with Gasteiger partial charge in [0.2, 0.25) is 0 Å². The Morgan fingerprint density at radius 1 is 1.20 bits per heavy atom. The molecule has 0 amide bonds. The number of ether oxygens (including phenoxy) is 1. The molecule has 0 spiro atoms. The molecule has 4 nitrogen and oxygen atoms in total. The van der Waals surface area contributed by atoms with Crippen LogP contribution in [0.3, 0.4) is 0 Å². The van der Waals surface area contributed by atoms with Gasteiger partial charge in [0.1, 0.15) is 5.82 Å². The largest absolute Gasteiger partial charge is 0.382 e. The zero-order chi connectivity index (χ0) is 18.0. The third-order valence-electron chi connectivity index (χ3n) is 5.12. The molecule has 2 N–H and O–H groups in total. The standard InChI is InChI=1S/C20H32FN3O/c1-3-25-15-13-20(11-4-5-12-20)16-24-19(22-2)23-14-10-17-6-8-18(21)9-7-17/h6-9H,3-5,10-16H2,1-2H3,(H2,22,23,24). The quantitative estimate of drug-likeness (QED) is 0.407. The maximum atomic E-state index is 12.9. The number of rotatable bonds is 9. The molecular formula is C20H32FN3O. The predicted octanol–water partition coefficient (Wildman–Crippen LogP) is 3.52. The molecule has 0 radical (unpaired) electrons. The molecule has 140 valence electrons. The number of benzene rings is 1. The number of aliphatic imine (C=N–C) groups is 1. The van der Waals surface area contributed by atoms with E-state index >= 15 is 0 Å². The fraction of sp³-hybridized carbons (Fsp3) is 0.650. The zero-order valence-corrected chi connectivity index (χ0v) is 15.6. The summed E-state index contributed by atoms with van der Waals surface area (Å²) in [5.41, 5.74) is 1.46. The van der Waals surface area contributed by atoms with E-state index in [0.29, 0.717) is 5.41 Å². The van der Waals surface area contributed by atoms with Gasteiger partial charge in [0, 0.05) is 33.4 Å². The van der Waals surface area contributed by atoms with Gasteiger partial charge in [0.15, 0.2) is 5.96 Å². The number of hydrogen-bond donors (Lipinski definition) is 2. The SMILES string of the molecule is CCOCCC1(CNC(=NC)NCCc2ccc(F)cc2)CCCC1. The first-order valence-electron chi connectivity index (χ1n) is 9.44. The topological polar surface area (TPSA) is 45.6 Å². The molecule has 1 aliphatic carbocycles. The van der Waals surface area contributed by atoms with Gasteiger partial charge in [-0.05, 0) is 55.7 Å². The summed E-state index contributed by atoms with van der Waals surface area (Å²) < 4.78 is 18.5. The van der Waals surface area contributed by atoms with Crippen LogP contribution in [0.2, 0.25) is 0 Å². The summed E-state index contributed by atoms with van der Waals surface area (Å²) in [7, 11) is 1.80. The second-order valence-corrected chi connectivity index (χ2v) is 6.88. The molecule has 0 bridgehead atoms. The van der Waals surface area contributed by atoms with Crippen molar-refractivity contribution in [1.82, 2.24) is 10.6 Å². The molecule has 0 aliphatic heterocycles. The van der Waals surface area contributed by atoms with Crippen molar-refractivity contribution >= 4 is 5.96 Å². The third kappa shape index (κ3) is 6.65. The van der Waals surface area contributed by atoms with E-state index in [0.717, 1.165) is 50.7 Å². The Kier molecular flexibility index (Phi) is 8.19. The van der Waals surface area contributed by atoms with Gasteiger partial charge in [-0.2, -0.15) is 0 Å². The number of nitrogens with zero attached hydrogens (tertiary/aromatic N) is 1. The highest BCUT2D eigenvalue weighted by Crippen LogP contribution is 2.40. The van der Waals surface area contributed by atoms with Crippen molar-refractivity contribution in [2.45, 2.75) is 45.4 Å². The van der Waals surface area contributed by atoms with Gasteiger partial charge in [-0.1, -0.05) is 25.0 Å². The molecule has 1 saturated carbocycles. The van der Waals surface area contributed by atoms with Crippen molar-refractivity contribution in [3.63, 3.8) is 0 Å². The maximum absolute atomic E-state index is 12.9. The second-order valence-electron chi connectivity index (χ2n) is 6.88. The van der Waals surface area contributed by atoms with E-state index in [2.05, 4.69) is 15.6 Å². The van der Waals surface area contributed by atoms with E-state index in [-0.39, 0.29) is 5.82 Å². The summed E-state index contributed by atoms with van der Waals surface area (Å²) in [4.78, 5) is 4.33. The van der Waals surface area contributed by atoms with Crippen LogP contribution in [0.4, 0.5) is 4.39 Å². The normalized spacial score (nSPS) is 16.8. The highest BCUT2D eigenvalue weighted by atomic mass is 19.1. The van der Waals surface area contributed by atoms with Gasteiger partial charge in [-0.15, -0.1) is 0 Å². The van der Waals surface area contributed by atoms with Crippen LogP contribution in [0, 0.1) is 11.2 Å². The molecule has 0 saturated heterocycles. The minimum absolute atomic E-state index is 0.192. The summed E-state index contributed by atoms with van der Waals surface area (Å²) >= 11 is 0. The van der Waals surface area contributed by atoms with Gasteiger partial charge in [0.05, 0.1) is 0 Å². The van der Waals surface area contributed by atoms with Gasteiger partial charge in [-0.3, -0.25) is 4.99 Å². The van der Waals surface area contributed by atoms with E-state index in [1.54, 1.807) is 7.05 Å². The summed E-state index contributed by atoms with van der Waals surface area (Å²) in [5.74, 6) is 0.646. The molecule has 1 fully saturated rings. The average Bonchev–Trinajstić information content (AvgIpc) is 3.09. The van der Waals surface area contributed by atoms with Gasteiger partial charge >= 0.3 is 0 Å². The fourth-order valence-electron chi connectivity index (χ4n) is 3.54. The van der Waals surface area contributed by atoms with Crippen LogP contribution in [0.15, 0.2) is 29.3 Å². The monoisotopic (exact) mass is 349 g/mol. The minimum atomic E-state index is -0.192. The molecule has 0 atom stereocenters. The molecule has 25 heavy (non-hydrogen) atoms. The Morgan fingerprint density at radius 3 is 2.56 bits per heavy atom. The molecule has 1 aliphatic rings. The fourth-order valence-corrected chi connectivity index (χ4v) is 3.54. The summed E-state index contributed by atoms with van der Waals surface area (Å²) in [6.07, 6.45) is 7.10. The average molecular weight is 349 g/mol. The Labute approximate surface area is 151 Å². The highest BCUT2D eigenvalue weighted by molar-refractivity contribution is 5.79. The van der Waals surface area contributed by atoms with Crippen LogP contribution in [-0.4, -0.2) is 39.3 Å². The van der Waals surface area contributed by atoms with Gasteiger partial charge in [0.25, 0.3) is 0 Å². The Bertz CT molecular complexity index is 524. The van der Waals surface area contributed by atoms with Crippen LogP contribution in [0.5, 0.6) is 0 Å². The van der Waals surface area contributed by atoms with Crippen molar-refractivity contribution in [3.8, 4) is 0 Å². The minimum Gasteiger partial charge on any atom is -0.382 e. The number of guanidine groups is 1. The van der Waals surface area contributed by atoms with Crippen molar-refractivity contribution in [2.24, 2.45) is 10.4 Å². The molecule has 0 unspecified atom stereocenters. The maximum Gasteiger partial charge on any atom is 0.191 e. The molecular weight excluding hydrogens is 317 g/mol. The van der Waals surface area contributed by atoms with E-state index < -0.39 is 0 Å². The first kappa shape index (κ1) is 19.7. The predicted molar refractivity (Wildman–Crippen MR) is 101 cm³/mol. The Hall–Kier alpha value is -1.62. The van der Waals surface area contributed by atoms with Crippen LogP contribution >= 0.6 is 0 Å². The van der Waals surface area contributed by atoms with E-state index in [4.69, 9.17) is 4.74 Å². The first-order chi connectivity index (χ1) is 12.2. The third-order valence-corrected chi connectivity index (χ3v) is 5.12. The smallest absolute Gasteiger partial charge is 0.191 e. The van der Waals surface area contributed by atoms with Crippen LogP contribution in [0.25, 0.3) is 0 Å². The van der Waals surface area contributed by atoms with E-state index in [9.17, 15) is 4.39 Å². The van der Waals surface area contributed by atoms with Gasteiger partial charge in [-0.25, -0.2) is 4.39 Å². The van der Waals surface area contributed by atoms with Crippen molar-refractivity contribution < 1.29 is 9.13 Å².